The van der Waals surface area contributed by atoms with Gasteiger partial charge in [0.15, 0.2) is 5.17 Å². The molecule has 1 unspecified atom stereocenters. The van der Waals surface area contributed by atoms with E-state index in [1.54, 1.807) is 0 Å². The van der Waals surface area contributed by atoms with E-state index in [1.165, 1.54) is 24.3 Å². The summed E-state index contributed by atoms with van der Waals surface area (Å²) in [6, 6.07) is 19.5. The van der Waals surface area contributed by atoms with Crippen LogP contribution in [0.5, 0.6) is 0 Å². The molecule has 156 valence electrons. The molecule has 2 N–H and O–H groups in total. The Balaban J connectivity index is 1.48. The second-order valence-electron chi connectivity index (χ2n) is 7.01. The average molecular weight is 434 g/mol. The molecule has 4 rings (SSSR count). The van der Waals surface area contributed by atoms with Crippen LogP contribution in [0.3, 0.4) is 0 Å². The van der Waals surface area contributed by atoms with Gasteiger partial charge in [-0.25, -0.2) is 4.39 Å². The first-order valence-corrected chi connectivity index (χ1v) is 10.5. The van der Waals surface area contributed by atoms with Gasteiger partial charge in [0.05, 0.1) is 5.71 Å². The van der Waals surface area contributed by atoms with Crippen molar-refractivity contribution >= 4 is 50.9 Å². The second kappa shape index (κ2) is 9.09. The number of hydrogen-bond acceptors (Lipinski definition) is 5. The van der Waals surface area contributed by atoms with Crippen LogP contribution in [0.15, 0.2) is 76.9 Å². The van der Waals surface area contributed by atoms with E-state index in [0.717, 1.165) is 28.1 Å². The number of carbonyl (C=O) groups is 2. The molecule has 0 aromatic heterocycles. The van der Waals surface area contributed by atoms with Gasteiger partial charge >= 0.3 is 0 Å². The number of rotatable bonds is 4. The van der Waals surface area contributed by atoms with Crippen LogP contribution in [-0.4, -0.2) is 27.9 Å². The summed E-state index contributed by atoms with van der Waals surface area (Å²) in [5.74, 6) is -1.05. The van der Waals surface area contributed by atoms with Crippen molar-refractivity contribution in [3.8, 4) is 0 Å². The van der Waals surface area contributed by atoms with Gasteiger partial charge < -0.3 is 10.6 Å². The van der Waals surface area contributed by atoms with E-state index in [2.05, 4.69) is 20.8 Å². The van der Waals surface area contributed by atoms with Crippen LogP contribution in [0.4, 0.5) is 10.1 Å². The molecule has 1 atom stereocenters. The Bertz CT molecular complexity index is 1210. The third-order valence-electron chi connectivity index (χ3n) is 4.73. The van der Waals surface area contributed by atoms with Gasteiger partial charge in [-0.2, -0.15) is 5.10 Å². The molecular formula is C23H19FN4O2S. The van der Waals surface area contributed by atoms with Gasteiger partial charge in [-0.05, 0) is 53.6 Å². The molecule has 3 aromatic carbocycles. The molecule has 6 nitrogen and oxygen atoms in total. The van der Waals surface area contributed by atoms with Crippen molar-refractivity contribution in [2.24, 2.45) is 10.2 Å². The normalized spacial score (nSPS) is 18.1. The molecule has 1 fully saturated rings. The quantitative estimate of drug-likeness (QED) is 0.474. The molecule has 2 amide bonds. The average Bonchev–Trinajstić information content (AvgIpc) is 2.78. The van der Waals surface area contributed by atoms with Crippen molar-refractivity contribution in [3.63, 3.8) is 0 Å². The van der Waals surface area contributed by atoms with Crippen molar-refractivity contribution < 1.29 is 14.0 Å². The van der Waals surface area contributed by atoms with E-state index in [9.17, 15) is 14.0 Å². The number of hydrogen-bond donors (Lipinski definition) is 2. The standard InChI is InChI=1S/C23H19FN4O2S/c1-14(16-7-6-15-4-2-3-5-17(15)12-16)27-28-23-26-21(29)13-20(31-23)22(30)25-19-10-8-18(24)9-11-19/h2-12,20H,13H2,1H3,(H,25,30)(H,26,28,29). The molecule has 1 aliphatic rings. The van der Waals surface area contributed by atoms with Crippen LogP contribution < -0.4 is 10.6 Å². The minimum atomic E-state index is -0.659. The molecule has 0 radical (unpaired) electrons. The minimum Gasteiger partial charge on any atom is -0.325 e. The second-order valence-corrected chi connectivity index (χ2v) is 8.20. The number of halogens is 1. The van der Waals surface area contributed by atoms with Crippen LogP contribution >= 0.6 is 11.8 Å². The van der Waals surface area contributed by atoms with Gasteiger partial charge in [0, 0.05) is 12.1 Å². The number of fused-ring (bicyclic) bond motifs is 1. The molecule has 3 aromatic rings. The molecule has 31 heavy (non-hydrogen) atoms. The molecule has 1 saturated heterocycles. The largest absolute Gasteiger partial charge is 0.325 e. The highest BCUT2D eigenvalue weighted by Crippen LogP contribution is 2.23. The van der Waals surface area contributed by atoms with E-state index >= 15 is 0 Å². The van der Waals surface area contributed by atoms with E-state index in [0.29, 0.717) is 11.4 Å². The number of nitrogens with one attached hydrogen (secondary N) is 2. The fourth-order valence-corrected chi connectivity index (χ4v) is 4.02. The Labute approximate surface area is 182 Å². The molecule has 0 saturated carbocycles. The van der Waals surface area contributed by atoms with Gasteiger partial charge in [-0.3, -0.25) is 9.59 Å². The highest BCUT2D eigenvalue weighted by Gasteiger charge is 2.30. The van der Waals surface area contributed by atoms with E-state index in [1.807, 2.05) is 49.4 Å². The predicted molar refractivity (Wildman–Crippen MR) is 123 cm³/mol. The molecule has 0 aliphatic carbocycles. The lowest BCUT2D eigenvalue weighted by molar-refractivity contribution is -0.123. The summed E-state index contributed by atoms with van der Waals surface area (Å²) in [5.41, 5.74) is 2.06. The third kappa shape index (κ3) is 5.16. The van der Waals surface area contributed by atoms with Crippen LogP contribution in [-0.2, 0) is 9.59 Å². The lowest BCUT2D eigenvalue weighted by Crippen LogP contribution is -2.41. The molecule has 0 spiro atoms. The van der Waals surface area contributed by atoms with Crippen molar-refractivity contribution in [1.29, 1.82) is 0 Å². The lowest BCUT2D eigenvalue weighted by Gasteiger charge is -2.21. The Morgan fingerprint density at radius 1 is 1.10 bits per heavy atom. The highest BCUT2D eigenvalue weighted by molar-refractivity contribution is 8.15. The molecule has 8 heteroatoms. The maximum atomic E-state index is 13.0. The molecule has 0 bridgehead atoms. The smallest absolute Gasteiger partial charge is 0.238 e. The summed E-state index contributed by atoms with van der Waals surface area (Å²) >= 11 is 1.13. The Kier molecular flexibility index (Phi) is 6.08. The van der Waals surface area contributed by atoms with E-state index < -0.39 is 11.1 Å². The summed E-state index contributed by atoms with van der Waals surface area (Å²) in [6.07, 6.45) is 0.0179. The zero-order valence-corrected chi connectivity index (χ0v) is 17.4. The third-order valence-corrected chi connectivity index (χ3v) is 5.81. The monoisotopic (exact) mass is 434 g/mol. The van der Waals surface area contributed by atoms with E-state index in [4.69, 9.17) is 0 Å². The van der Waals surface area contributed by atoms with Gasteiger partial charge in [0.1, 0.15) is 11.1 Å². The Morgan fingerprint density at radius 2 is 1.84 bits per heavy atom. The Hall–Kier alpha value is -3.52. The first-order chi connectivity index (χ1) is 15.0. The topological polar surface area (TPSA) is 82.9 Å². The van der Waals surface area contributed by atoms with Gasteiger partial charge in [-0.1, -0.05) is 48.2 Å². The zero-order valence-electron chi connectivity index (χ0n) is 16.6. The van der Waals surface area contributed by atoms with Crippen molar-refractivity contribution in [2.75, 3.05) is 5.32 Å². The number of amidine groups is 1. The summed E-state index contributed by atoms with van der Waals surface area (Å²) in [7, 11) is 0. The van der Waals surface area contributed by atoms with E-state index in [-0.39, 0.29) is 23.4 Å². The SMILES string of the molecule is CC(=NN=C1NC(=O)CC(C(=O)Nc2ccc(F)cc2)S1)c1ccc2ccccc2c1. The minimum absolute atomic E-state index is 0.0179. The maximum Gasteiger partial charge on any atom is 0.238 e. The van der Waals surface area contributed by atoms with Crippen LogP contribution in [0.25, 0.3) is 10.8 Å². The van der Waals surface area contributed by atoms with Crippen molar-refractivity contribution in [1.82, 2.24) is 5.32 Å². The fraction of sp³-hybridized carbons (Fsp3) is 0.130. The number of amides is 2. The summed E-state index contributed by atoms with van der Waals surface area (Å²) in [4.78, 5) is 24.6. The Morgan fingerprint density at radius 3 is 2.61 bits per heavy atom. The van der Waals surface area contributed by atoms with Crippen LogP contribution in [0.2, 0.25) is 0 Å². The summed E-state index contributed by atoms with van der Waals surface area (Å²) < 4.78 is 13.0. The first-order valence-electron chi connectivity index (χ1n) is 9.62. The first kappa shape index (κ1) is 20.7. The number of anilines is 1. The predicted octanol–water partition coefficient (Wildman–Crippen LogP) is 4.32. The van der Waals surface area contributed by atoms with Gasteiger partial charge in [-0.15, -0.1) is 5.10 Å². The number of thioether (sulfide) groups is 1. The van der Waals surface area contributed by atoms with Crippen molar-refractivity contribution in [3.05, 3.63) is 78.1 Å². The summed E-state index contributed by atoms with van der Waals surface area (Å²) in [5, 5.41) is 15.6. The van der Waals surface area contributed by atoms with Crippen LogP contribution in [0.1, 0.15) is 18.9 Å². The van der Waals surface area contributed by atoms with Gasteiger partial charge in [0.2, 0.25) is 11.8 Å². The highest BCUT2D eigenvalue weighted by atomic mass is 32.2. The van der Waals surface area contributed by atoms with Gasteiger partial charge in [0.25, 0.3) is 0 Å². The summed E-state index contributed by atoms with van der Waals surface area (Å²) in [6.45, 7) is 1.84. The number of carbonyl (C=O) groups excluding carboxylic acids is 2. The number of benzene rings is 3. The molecular weight excluding hydrogens is 415 g/mol. The lowest BCUT2D eigenvalue weighted by atomic mass is 10.0. The maximum absolute atomic E-state index is 13.0. The van der Waals surface area contributed by atoms with Crippen molar-refractivity contribution in [2.45, 2.75) is 18.6 Å². The fourth-order valence-electron chi connectivity index (χ4n) is 3.09. The molecule has 1 heterocycles. The zero-order chi connectivity index (χ0) is 21.8. The van der Waals surface area contributed by atoms with Crippen LogP contribution in [0, 0.1) is 5.82 Å². The molecule has 1 aliphatic heterocycles. The number of nitrogens with zero attached hydrogens (tertiary/aromatic N) is 2.